The average Bonchev–Trinajstić information content (AvgIpc) is 3.27. The van der Waals surface area contributed by atoms with Gasteiger partial charge in [-0.05, 0) is 17.7 Å². The fourth-order valence-corrected chi connectivity index (χ4v) is 3.57. The molecule has 1 aromatic carbocycles. The number of furan rings is 1. The number of thioether (sulfide) groups is 1. The lowest BCUT2D eigenvalue weighted by Crippen LogP contribution is -2.26. The van der Waals surface area contributed by atoms with E-state index in [2.05, 4.69) is 15.3 Å². The number of hydrogen-bond acceptors (Lipinski definition) is 7. The van der Waals surface area contributed by atoms with Gasteiger partial charge in [-0.15, -0.1) is 0 Å². The number of benzene rings is 1. The van der Waals surface area contributed by atoms with E-state index in [0.29, 0.717) is 25.5 Å². The maximum absolute atomic E-state index is 13.4. The van der Waals surface area contributed by atoms with Crippen molar-refractivity contribution in [3.63, 3.8) is 0 Å². The van der Waals surface area contributed by atoms with E-state index in [-0.39, 0.29) is 22.5 Å². The molecule has 7 nitrogen and oxygen atoms in total. The first-order valence-corrected chi connectivity index (χ1v) is 10.9. The molecule has 2 heterocycles. The Balaban J connectivity index is 1.72. The minimum Gasteiger partial charge on any atom is -0.455 e. The van der Waals surface area contributed by atoms with Crippen molar-refractivity contribution in [2.45, 2.75) is 23.6 Å². The molecule has 0 aliphatic rings. The standard InChI is InChI=1S/C22H23F3N4O3S/c1-29(13-15-6-4-3-5-7-15)19-12-18(22(23,24)25)27-21(28-19)33-14-16-8-9-17(32-16)20(30)26-10-11-31-2/h3-9,12H,10-11,13-14H2,1-2H3,(H,26,30). The number of carbonyl (C=O) groups excluding carboxylic acids is 1. The number of halogens is 3. The Morgan fingerprint density at radius 2 is 1.94 bits per heavy atom. The molecule has 3 rings (SSSR count). The van der Waals surface area contributed by atoms with Crippen LogP contribution in [0, 0.1) is 0 Å². The minimum atomic E-state index is -4.61. The van der Waals surface area contributed by atoms with Crippen molar-refractivity contribution >= 4 is 23.5 Å². The highest BCUT2D eigenvalue weighted by atomic mass is 32.2. The average molecular weight is 481 g/mol. The Bertz CT molecular complexity index is 1060. The normalized spacial score (nSPS) is 11.4. The van der Waals surface area contributed by atoms with Gasteiger partial charge in [0.25, 0.3) is 5.91 Å². The third-order valence-electron chi connectivity index (χ3n) is 4.46. The third-order valence-corrected chi connectivity index (χ3v) is 5.33. The topological polar surface area (TPSA) is 80.5 Å². The fraction of sp³-hybridized carbons (Fsp3) is 0.318. The predicted molar refractivity (Wildman–Crippen MR) is 118 cm³/mol. The van der Waals surface area contributed by atoms with E-state index in [4.69, 9.17) is 9.15 Å². The van der Waals surface area contributed by atoms with Crippen LogP contribution in [0.5, 0.6) is 0 Å². The molecule has 2 aromatic heterocycles. The van der Waals surface area contributed by atoms with Crippen molar-refractivity contribution in [1.29, 1.82) is 0 Å². The van der Waals surface area contributed by atoms with Crippen molar-refractivity contribution in [1.82, 2.24) is 15.3 Å². The van der Waals surface area contributed by atoms with Gasteiger partial charge in [-0.3, -0.25) is 4.79 Å². The summed E-state index contributed by atoms with van der Waals surface area (Å²) in [6, 6.07) is 13.4. The molecule has 33 heavy (non-hydrogen) atoms. The van der Waals surface area contributed by atoms with Gasteiger partial charge in [0, 0.05) is 33.3 Å². The van der Waals surface area contributed by atoms with Gasteiger partial charge in [0.1, 0.15) is 11.6 Å². The monoisotopic (exact) mass is 480 g/mol. The number of anilines is 1. The van der Waals surface area contributed by atoms with Crippen LogP contribution in [0.25, 0.3) is 0 Å². The zero-order valence-electron chi connectivity index (χ0n) is 18.1. The Labute approximate surface area is 193 Å². The molecule has 11 heteroatoms. The maximum Gasteiger partial charge on any atom is 0.433 e. The lowest BCUT2D eigenvalue weighted by molar-refractivity contribution is -0.141. The van der Waals surface area contributed by atoms with Gasteiger partial charge in [-0.1, -0.05) is 42.1 Å². The summed E-state index contributed by atoms with van der Waals surface area (Å²) < 4.78 is 50.7. The van der Waals surface area contributed by atoms with Gasteiger partial charge < -0.3 is 19.4 Å². The minimum absolute atomic E-state index is 0.0396. The number of carbonyl (C=O) groups is 1. The van der Waals surface area contributed by atoms with Crippen LogP contribution in [0.3, 0.4) is 0 Å². The van der Waals surface area contributed by atoms with Crippen LogP contribution in [0.15, 0.2) is 58.1 Å². The van der Waals surface area contributed by atoms with E-state index in [1.54, 1.807) is 18.0 Å². The zero-order valence-corrected chi connectivity index (χ0v) is 18.9. The number of rotatable bonds is 10. The summed E-state index contributed by atoms with van der Waals surface area (Å²) in [7, 11) is 3.19. The van der Waals surface area contributed by atoms with E-state index in [1.165, 1.54) is 13.2 Å². The molecule has 0 bridgehead atoms. The first-order valence-electron chi connectivity index (χ1n) is 9.96. The molecule has 0 radical (unpaired) electrons. The lowest BCUT2D eigenvalue weighted by atomic mass is 10.2. The van der Waals surface area contributed by atoms with Crippen LogP contribution in [-0.2, 0) is 23.2 Å². The largest absolute Gasteiger partial charge is 0.455 e. The van der Waals surface area contributed by atoms with Crippen LogP contribution >= 0.6 is 11.8 Å². The quantitative estimate of drug-likeness (QED) is 0.262. The van der Waals surface area contributed by atoms with Crippen molar-refractivity contribution in [2.24, 2.45) is 0 Å². The van der Waals surface area contributed by atoms with E-state index in [9.17, 15) is 18.0 Å². The fourth-order valence-electron chi connectivity index (χ4n) is 2.82. The van der Waals surface area contributed by atoms with Gasteiger partial charge in [0.15, 0.2) is 16.6 Å². The number of aromatic nitrogens is 2. The van der Waals surface area contributed by atoms with Crippen molar-refractivity contribution < 1.29 is 27.1 Å². The van der Waals surface area contributed by atoms with Crippen molar-refractivity contribution in [3.05, 3.63) is 71.3 Å². The molecule has 0 fully saturated rings. The number of nitrogens with one attached hydrogen (secondary N) is 1. The van der Waals surface area contributed by atoms with Crippen LogP contribution in [0.1, 0.15) is 27.6 Å². The number of methoxy groups -OCH3 is 1. The number of hydrogen-bond donors (Lipinski definition) is 1. The first-order chi connectivity index (χ1) is 15.8. The highest BCUT2D eigenvalue weighted by molar-refractivity contribution is 7.98. The second kappa shape index (κ2) is 11.2. The number of alkyl halides is 3. The van der Waals surface area contributed by atoms with E-state index >= 15 is 0 Å². The van der Waals surface area contributed by atoms with E-state index < -0.39 is 17.8 Å². The highest BCUT2D eigenvalue weighted by Gasteiger charge is 2.34. The Hall–Kier alpha value is -3.05. The summed E-state index contributed by atoms with van der Waals surface area (Å²) in [6.07, 6.45) is -4.61. The number of ether oxygens (including phenoxy) is 1. The van der Waals surface area contributed by atoms with E-state index in [1.807, 2.05) is 30.3 Å². The summed E-state index contributed by atoms with van der Waals surface area (Å²) >= 11 is 0.994. The van der Waals surface area contributed by atoms with Crippen LogP contribution in [-0.4, -0.2) is 43.2 Å². The van der Waals surface area contributed by atoms with Crippen molar-refractivity contribution in [2.75, 3.05) is 32.2 Å². The second-order valence-electron chi connectivity index (χ2n) is 7.04. The molecule has 0 aliphatic carbocycles. The van der Waals surface area contributed by atoms with Crippen LogP contribution < -0.4 is 10.2 Å². The second-order valence-corrected chi connectivity index (χ2v) is 7.98. The van der Waals surface area contributed by atoms with Gasteiger partial charge in [0.2, 0.25) is 0 Å². The number of amides is 1. The summed E-state index contributed by atoms with van der Waals surface area (Å²) in [6.45, 7) is 1.08. The molecule has 176 valence electrons. The molecule has 0 atom stereocenters. The van der Waals surface area contributed by atoms with E-state index in [0.717, 1.165) is 23.4 Å². The number of nitrogens with zero attached hydrogens (tertiary/aromatic N) is 3. The SMILES string of the molecule is COCCNC(=O)c1ccc(CSc2nc(N(C)Cc3ccccc3)cc(C(F)(F)F)n2)o1. The van der Waals surface area contributed by atoms with Gasteiger partial charge in [-0.25, -0.2) is 9.97 Å². The Kier molecular flexibility index (Phi) is 8.34. The summed E-state index contributed by atoms with van der Waals surface area (Å²) in [5.41, 5.74) is -0.0826. The summed E-state index contributed by atoms with van der Waals surface area (Å²) in [4.78, 5) is 21.6. The van der Waals surface area contributed by atoms with Gasteiger partial charge in [-0.2, -0.15) is 13.2 Å². The molecule has 0 unspecified atom stereocenters. The highest BCUT2D eigenvalue weighted by Crippen LogP contribution is 2.32. The molecule has 1 N–H and O–H groups in total. The van der Waals surface area contributed by atoms with Crippen LogP contribution in [0.2, 0.25) is 0 Å². The predicted octanol–water partition coefficient (Wildman–Crippen LogP) is 4.39. The Morgan fingerprint density at radius 3 is 2.64 bits per heavy atom. The molecule has 0 aliphatic heterocycles. The molecule has 1 amide bonds. The smallest absolute Gasteiger partial charge is 0.433 e. The molecule has 0 spiro atoms. The molecule has 0 saturated heterocycles. The summed E-state index contributed by atoms with van der Waals surface area (Å²) in [5, 5.41) is 2.59. The zero-order chi connectivity index (χ0) is 23.8. The lowest BCUT2D eigenvalue weighted by Gasteiger charge is -2.20. The van der Waals surface area contributed by atoms with Crippen LogP contribution in [0.4, 0.5) is 19.0 Å². The molecule has 0 saturated carbocycles. The van der Waals surface area contributed by atoms with Crippen molar-refractivity contribution in [3.8, 4) is 0 Å². The summed E-state index contributed by atoms with van der Waals surface area (Å²) in [5.74, 6) is 0.436. The molecular weight excluding hydrogens is 457 g/mol. The third kappa shape index (κ3) is 7.22. The maximum atomic E-state index is 13.4. The Morgan fingerprint density at radius 1 is 1.18 bits per heavy atom. The van der Waals surface area contributed by atoms with Gasteiger partial charge in [0.05, 0.1) is 12.4 Å². The molecular formula is C22H23F3N4O3S. The first kappa shape index (κ1) is 24.6. The van der Waals surface area contributed by atoms with Gasteiger partial charge >= 0.3 is 6.18 Å². The molecule has 3 aromatic rings.